The van der Waals surface area contributed by atoms with Gasteiger partial charge in [-0.05, 0) is 12.1 Å². The molecule has 6 nitrogen and oxygen atoms in total. The van der Waals surface area contributed by atoms with Gasteiger partial charge in [0, 0.05) is 0 Å². The highest BCUT2D eigenvalue weighted by Crippen LogP contribution is 2.20. The summed E-state index contributed by atoms with van der Waals surface area (Å²) in [6.45, 7) is -0.134. The van der Waals surface area contributed by atoms with Crippen molar-refractivity contribution in [3.05, 3.63) is 41.1 Å². The summed E-state index contributed by atoms with van der Waals surface area (Å²) in [4.78, 5) is 22.7. The molecular weight excluding hydrogens is 333 g/mol. The van der Waals surface area contributed by atoms with Crippen LogP contribution in [0, 0.1) is 0 Å². The van der Waals surface area contributed by atoms with E-state index in [0.717, 1.165) is 0 Å². The minimum atomic E-state index is -0.688. The molecule has 1 aromatic rings. The Bertz CT molecular complexity index is 576. The number of hydrogen-bond acceptors (Lipinski definition) is 6. The summed E-state index contributed by atoms with van der Waals surface area (Å²) in [5.41, 5.74) is 0.640. The number of anilines is 1. The molecule has 0 fully saturated rings. The molecule has 0 bridgehead atoms. The Morgan fingerprint density at radius 3 is 2.82 bits per heavy atom. The molecule has 120 valence electrons. The highest BCUT2D eigenvalue weighted by Gasteiger charge is 2.28. The minimum absolute atomic E-state index is 0. The van der Waals surface area contributed by atoms with Crippen LogP contribution in [-0.2, 0) is 23.8 Å². The number of rotatable bonds is 6. The summed E-state index contributed by atoms with van der Waals surface area (Å²) >= 11 is 5.95. The van der Waals surface area contributed by atoms with Crippen molar-refractivity contribution in [3.8, 4) is 0 Å². The number of benzene rings is 1. The topological polar surface area (TPSA) is 73.9 Å². The third-order valence-electron chi connectivity index (χ3n) is 2.76. The van der Waals surface area contributed by atoms with Crippen molar-refractivity contribution < 1.29 is 23.8 Å². The minimum Gasteiger partial charge on any atom is -0.497 e. The first kappa shape index (κ1) is 18.1. The molecule has 0 aromatic heterocycles. The van der Waals surface area contributed by atoms with Crippen molar-refractivity contribution in [2.24, 2.45) is 0 Å². The van der Waals surface area contributed by atoms with Crippen molar-refractivity contribution in [2.75, 3.05) is 25.6 Å². The van der Waals surface area contributed by atoms with E-state index in [1.807, 2.05) is 0 Å². The fourth-order valence-corrected chi connectivity index (χ4v) is 1.94. The molecule has 2 rings (SSSR count). The number of para-hydroxylation sites is 1. The Hall–Kier alpha value is -1.92. The zero-order valence-corrected chi connectivity index (χ0v) is 13.3. The molecule has 0 amide bonds. The second-order valence-corrected chi connectivity index (χ2v) is 4.60. The molecule has 1 aliphatic rings. The van der Waals surface area contributed by atoms with Crippen LogP contribution in [0.2, 0.25) is 5.02 Å². The third-order valence-corrected chi connectivity index (χ3v) is 3.09. The number of ether oxygens (including phenoxy) is 3. The van der Waals surface area contributed by atoms with E-state index >= 15 is 0 Å². The molecule has 0 saturated heterocycles. The lowest BCUT2D eigenvalue weighted by molar-refractivity contribution is -0.151. The zero-order valence-electron chi connectivity index (χ0n) is 11.7. The number of nitrogens with one attached hydrogen (secondary N) is 1. The molecule has 1 atom stereocenters. The molecule has 0 radical (unpaired) electrons. The van der Waals surface area contributed by atoms with Crippen molar-refractivity contribution in [3.63, 3.8) is 0 Å². The van der Waals surface area contributed by atoms with Gasteiger partial charge in [-0.3, -0.25) is 4.79 Å². The number of halogens is 2. The van der Waals surface area contributed by atoms with Crippen molar-refractivity contribution in [1.82, 2.24) is 0 Å². The SMILES string of the molecule is COC1=CC(=O)OC1COC(=O)CNc1ccccc1Cl.Cl. The van der Waals surface area contributed by atoms with Crippen LogP contribution in [0.4, 0.5) is 5.69 Å². The van der Waals surface area contributed by atoms with Crippen LogP contribution in [0.5, 0.6) is 0 Å². The second-order valence-electron chi connectivity index (χ2n) is 4.19. The Morgan fingerprint density at radius 2 is 2.14 bits per heavy atom. The summed E-state index contributed by atoms with van der Waals surface area (Å²) in [6, 6.07) is 7.05. The molecule has 8 heteroatoms. The Labute approximate surface area is 138 Å². The molecule has 0 saturated carbocycles. The van der Waals surface area contributed by atoms with Crippen molar-refractivity contribution in [1.29, 1.82) is 0 Å². The molecule has 0 aliphatic carbocycles. The first-order chi connectivity index (χ1) is 10.1. The van der Waals surface area contributed by atoms with Gasteiger partial charge in [-0.2, -0.15) is 0 Å². The number of esters is 2. The summed E-state index contributed by atoms with van der Waals surface area (Å²) in [6.07, 6.45) is 0.535. The highest BCUT2D eigenvalue weighted by atomic mass is 35.5. The predicted octanol–water partition coefficient (Wildman–Crippen LogP) is 2.17. The zero-order chi connectivity index (χ0) is 15.2. The number of methoxy groups -OCH3 is 1. The fraction of sp³-hybridized carbons (Fsp3) is 0.286. The van der Waals surface area contributed by atoms with Gasteiger partial charge in [0.15, 0.2) is 6.10 Å². The Balaban J connectivity index is 0.00000242. The lowest BCUT2D eigenvalue weighted by atomic mass is 10.3. The summed E-state index contributed by atoms with van der Waals surface area (Å²) in [7, 11) is 1.42. The first-order valence-electron chi connectivity index (χ1n) is 6.20. The van der Waals surface area contributed by atoms with Crippen LogP contribution >= 0.6 is 24.0 Å². The van der Waals surface area contributed by atoms with E-state index in [1.165, 1.54) is 13.2 Å². The third kappa shape index (κ3) is 4.82. The van der Waals surface area contributed by atoms with E-state index < -0.39 is 18.0 Å². The van der Waals surface area contributed by atoms with Gasteiger partial charge in [-0.25, -0.2) is 4.79 Å². The predicted molar refractivity (Wildman–Crippen MR) is 83.1 cm³/mol. The standard InChI is InChI=1S/C14H14ClNO5.ClH/c1-19-11-6-13(17)21-12(11)8-20-14(18)7-16-10-5-3-2-4-9(10)15;/h2-6,12,16H,7-8H2,1H3;1H. The summed E-state index contributed by atoms with van der Waals surface area (Å²) < 4.78 is 14.9. The van der Waals surface area contributed by atoms with Crippen LogP contribution in [-0.4, -0.2) is 38.3 Å². The first-order valence-corrected chi connectivity index (χ1v) is 6.58. The van der Waals surface area contributed by atoms with Gasteiger partial charge in [-0.15, -0.1) is 12.4 Å². The Morgan fingerprint density at radius 1 is 1.41 bits per heavy atom. The van der Waals surface area contributed by atoms with Crippen LogP contribution in [0.25, 0.3) is 0 Å². The van der Waals surface area contributed by atoms with E-state index in [-0.39, 0.29) is 25.6 Å². The molecule has 22 heavy (non-hydrogen) atoms. The van der Waals surface area contributed by atoms with Crippen LogP contribution < -0.4 is 5.32 Å². The molecule has 1 aliphatic heterocycles. The molecule has 0 spiro atoms. The molecule has 1 N–H and O–H groups in total. The van der Waals surface area contributed by atoms with Gasteiger partial charge in [0.2, 0.25) is 0 Å². The second kappa shape index (κ2) is 8.51. The maximum Gasteiger partial charge on any atom is 0.335 e. The van der Waals surface area contributed by atoms with E-state index in [0.29, 0.717) is 16.5 Å². The van der Waals surface area contributed by atoms with Crippen molar-refractivity contribution in [2.45, 2.75) is 6.10 Å². The summed E-state index contributed by atoms with van der Waals surface area (Å²) in [5.74, 6) is -0.665. The number of carbonyl (C=O) groups excluding carboxylic acids is 2. The van der Waals surface area contributed by atoms with Gasteiger partial charge >= 0.3 is 11.9 Å². The number of hydrogen-bond donors (Lipinski definition) is 1. The molecule has 1 heterocycles. The quantitative estimate of drug-likeness (QED) is 0.795. The van der Waals surface area contributed by atoms with Crippen LogP contribution in [0.3, 0.4) is 0 Å². The van der Waals surface area contributed by atoms with Crippen LogP contribution in [0.1, 0.15) is 0 Å². The lowest BCUT2D eigenvalue weighted by Gasteiger charge is -2.14. The van der Waals surface area contributed by atoms with Crippen LogP contribution in [0.15, 0.2) is 36.1 Å². The molecule has 1 unspecified atom stereocenters. The van der Waals surface area contributed by atoms with Gasteiger partial charge < -0.3 is 19.5 Å². The average Bonchev–Trinajstić information content (AvgIpc) is 2.84. The van der Waals surface area contributed by atoms with Gasteiger partial charge in [0.1, 0.15) is 18.9 Å². The van der Waals surface area contributed by atoms with E-state index in [2.05, 4.69) is 5.32 Å². The molecular formula is C14H15Cl2NO5. The number of cyclic esters (lactones) is 1. The van der Waals surface area contributed by atoms with Gasteiger partial charge in [0.05, 0.1) is 23.9 Å². The molecule has 1 aromatic carbocycles. The number of carbonyl (C=O) groups is 2. The normalized spacial score (nSPS) is 16.2. The Kier molecular flexibility index (Phi) is 7.01. The lowest BCUT2D eigenvalue weighted by Crippen LogP contribution is -2.25. The monoisotopic (exact) mass is 347 g/mol. The fourth-order valence-electron chi connectivity index (χ4n) is 1.74. The van der Waals surface area contributed by atoms with E-state index in [4.69, 9.17) is 25.8 Å². The maximum atomic E-state index is 11.6. The van der Waals surface area contributed by atoms with Gasteiger partial charge in [-0.1, -0.05) is 23.7 Å². The van der Waals surface area contributed by atoms with Gasteiger partial charge in [0.25, 0.3) is 0 Å². The van der Waals surface area contributed by atoms with E-state index in [1.54, 1.807) is 24.3 Å². The summed E-state index contributed by atoms with van der Waals surface area (Å²) in [5, 5.41) is 3.38. The maximum absolute atomic E-state index is 11.6. The average molecular weight is 348 g/mol. The smallest absolute Gasteiger partial charge is 0.335 e. The highest BCUT2D eigenvalue weighted by molar-refractivity contribution is 6.33. The largest absolute Gasteiger partial charge is 0.497 e. The van der Waals surface area contributed by atoms with Crippen molar-refractivity contribution >= 4 is 41.6 Å². The van der Waals surface area contributed by atoms with E-state index in [9.17, 15) is 9.59 Å².